The van der Waals surface area contributed by atoms with E-state index in [-0.39, 0.29) is 12.0 Å². The number of hydrogen-bond acceptors (Lipinski definition) is 6. The van der Waals surface area contributed by atoms with E-state index in [1.807, 2.05) is 84.9 Å². The van der Waals surface area contributed by atoms with Crippen molar-refractivity contribution in [2.75, 3.05) is 0 Å². The summed E-state index contributed by atoms with van der Waals surface area (Å²) in [5, 5.41) is 2.15. The van der Waals surface area contributed by atoms with Gasteiger partial charge < -0.3 is 9.30 Å². The van der Waals surface area contributed by atoms with E-state index in [0.29, 0.717) is 23.3 Å². The van der Waals surface area contributed by atoms with Crippen LogP contribution in [-0.4, -0.2) is 35.6 Å². The van der Waals surface area contributed by atoms with Crippen molar-refractivity contribution in [2.45, 2.75) is 12.0 Å². The molecule has 1 aliphatic heterocycles. The van der Waals surface area contributed by atoms with Gasteiger partial charge in [-0.05, 0) is 36.4 Å². The number of benzene rings is 7. The van der Waals surface area contributed by atoms with Crippen molar-refractivity contribution in [3.63, 3.8) is 0 Å². The van der Waals surface area contributed by atoms with Crippen LogP contribution in [0.5, 0.6) is 5.75 Å². The Kier molecular flexibility index (Phi) is 8.49. The SMILES string of the molecule is C1=CC2Oc3c(cc(-c4cc(-c5ccccc5)nc(-c5ccccc5)n4)c4c5ccccc5n(-c5cccc(-c6nc(-c7ccccc7)nc(-c7ccccc7)n6)c5)c34)C2C=C1. The van der Waals surface area contributed by atoms with Crippen LogP contribution in [0.4, 0.5) is 0 Å². The van der Waals surface area contributed by atoms with Crippen molar-refractivity contribution in [1.29, 1.82) is 0 Å². The lowest BCUT2D eigenvalue weighted by atomic mass is 9.89. The van der Waals surface area contributed by atoms with Crippen LogP contribution in [0.1, 0.15) is 11.5 Å². The molecule has 7 heteroatoms. The van der Waals surface area contributed by atoms with Gasteiger partial charge in [0.25, 0.3) is 0 Å². The number of ether oxygens (including phenoxy) is 1. The van der Waals surface area contributed by atoms with Crippen LogP contribution in [0, 0.1) is 0 Å². The third-order valence-electron chi connectivity index (χ3n) is 11.8. The van der Waals surface area contributed by atoms with E-state index >= 15 is 0 Å². The van der Waals surface area contributed by atoms with Crippen LogP contribution in [0.3, 0.4) is 0 Å². The van der Waals surface area contributed by atoms with Crippen molar-refractivity contribution in [3.8, 4) is 79.5 Å². The van der Waals surface area contributed by atoms with Crippen molar-refractivity contribution in [1.82, 2.24) is 29.5 Å². The molecule has 7 nitrogen and oxygen atoms in total. The minimum Gasteiger partial charge on any atom is -0.483 e. The summed E-state index contributed by atoms with van der Waals surface area (Å²) in [6.07, 6.45) is 8.48. The van der Waals surface area contributed by atoms with Gasteiger partial charge in [0.05, 0.1) is 22.4 Å². The number of aromatic nitrogens is 6. The highest BCUT2D eigenvalue weighted by Crippen LogP contribution is 2.52. The topological polar surface area (TPSA) is 78.6 Å². The van der Waals surface area contributed by atoms with Gasteiger partial charge >= 0.3 is 0 Å². The smallest absolute Gasteiger partial charge is 0.164 e. The Labute approximate surface area is 358 Å². The lowest BCUT2D eigenvalue weighted by Crippen LogP contribution is -2.15. The fourth-order valence-corrected chi connectivity index (χ4v) is 8.90. The molecule has 0 saturated heterocycles. The molecule has 2 unspecified atom stereocenters. The van der Waals surface area contributed by atoms with Crippen LogP contribution in [-0.2, 0) is 0 Å². The van der Waals surface area contributed by atoms with Crippen LogP contribution < -0.4 is 4.74 Å². The molecule has 0 fully saturated rings. The average molecular weight is 797 g/mol. The van der Waals surface area contributed by atoms with E-state index in [0.717, 1.165) is 83.6 Å². The number of rotatable bonds is 7. The average Bonchev–Trinajstić information content (AvgIpc) is 3.91. The first-order chi connectivity index (χ1) is 30.7. The number of allylic oxidation sites excluding steroid dienone is 2. The van der Waals surface area contributed by atoms with E-state index in [1.165, 1.54) is 0 Å². The van der Waals surface area contributed by atoms with Gasteiger partial charge in [-0.2, -0.15) is 0 Å². The van der Waals surface area contributed by atoms with Crippen LogP contribution in [0.2, 0.25) is 0 Å². The van der Waals surface area contributed by atoms with E-state index in [2.05, 4.69) is 126 Å². The van der Waals surface area contributed by atoms with Crippen molar-refractivity contribution in [2.24, 2.45) is 0 Å². The lowest BCUT2D eigenvalue weighted by molar-refractivity contribution is 0.271. The number of nitrogens with zero attached hydrogens (tertiary/aromatic N) is 6. The maximum Gasteiger partial charge on any atom is 0.164 e. The molecule has 10 aromatic rings. The first kappa shape index (κ1) is 35.6. The normalized spacial score (nSPS) is 15.1. The molecule has 0 spiro atoms. The van der Waals surface area contributed by atoms with Crippen molar-refractivity contribution < 1.29 is 4.74 Å². The Morgan fingerprint density at radius 3 is 1.63 bits per heavy atom. The Morgan fingerprint density at radius 2 is 0.968 bits per heavy atom. The Bertz CT molecular complexity index is 3270. The highest BCUT2D eigenvalue weighted by atomic mass is 16.5. The van der Waals surface area contributed by atoms with Gasteiger partial charge in [-0.25, -0.2) is 24.9 Å². The molecule has 62 heavy (non-hydrogen) atoms. The van der Waals surface area contributed by atoms with Gasteiger partial charge in [0, 0.05) is 61.3 Å². The maximum atomic E-state index is 7.01. The Morgan fingerprint density at radius 1 is 0.435 bits per heavy atom. The van der Waals surface area contributed by atoms with Gasteiger partial charge in [0.2, 0.25) is 0 Å². The zero-order valence-corrected chi connectivity index (χ0v) is 33.4. The molecule has 12 rings (SSSR count). The molecule has 2 atom stereocenters. The van der Waals surface area contributed by atoms with Gasteiger partial charge in [-0.3, -0.25) is 0 Å². The van der Waals surface area contributed by atoms with Crippen molar-refractivity contribution in [3.05, 3.63) is 212 Å². The summed E-state index contributed by atoms with van der Waals surface area (Å²) < 4.78 is 9.36. The predicted molar refractivity (Wildman–Crippen MR) is 248 cm³/mol. The quantitative estimate of drug-likeness (QED) is 0.160. The second kappa shape index (κ2) is 14.8. The highest BCUT2D eigenvalue weighted by Gasteiger charge is 2.37. The Hall–Kier alpha value is -8.29. The third kappa shape index (κ3) is 6.09. The summed E-state index contributed by atoms with van der Waals surface area (Å²) in [6, 6.07) is 62.3. The molecule has 1 aliphatic carbocycles. The lowest BCUT2D eigenvalue weighted by Gasteiger charge is -2.15. The molecule has 0 amide bonds. The first-order valence-electron chi connectivity index (χ1n) is 20.8. The zero-order valence-electron chi connectivity index (χ0n) is 33.4. The molecule has 4 heterocycles. The molecule has 7 aromatic carbocycles. The minimum atomic E-state index is -0.130. The van der Waals surface area contributed by atoms with E-state index in [4.69, 9.17) is 29.7 Å². The summed E-state index contributed by atoms with van der Waals surface area (Å²) >= 11 is 0. The summed E-state index contributed by atoms with van der Waals surface area (Å²) in [5.41, 5.74) is 11.5. The van der Waals surface area contributed by atoms with Crippen molar-refractivity contribution >= 4 is 21.8 Å². The monoisotopic (exact) mass is 796 g/mol. The molecular weight excluding hydrogens is 761 g/mol. The molecular formula is C55H36N6O. The molecule has 292 valence electrons. The molecule has 0 N–H and O–H groups in total. The summed E-state index contributed by atoms with van der Waals surface area (Å²) in [6.45, 7) is 0. The van der Waals surface area contributed by atoms with Crippen LogP contribution in [0.25, 0.3) is 95.6 Å². The summed E-state index contributed by atoms with van der Waals surface area (Å²) in [4.78, 5) is 25.6. The van der Waals surface area contributed by atoms with Crippen LogP contribution in [0.15, 0.2) is 206 Å². The van der Waals surface area contributed by atoms with Gasteiger partial charge in [0.15, 0.2) is 23.3 Å². The predicted octanol–water partition coefficient (Wildman–Crippen LogP) is 12.7. The minimum absolute atomic E-state index is 0.0398. The third-order valence-corrected chi connectivity index (χ3v) is 11.8. The molecule has 0 radical (unpaired) electrons. The molecule has 0 saturated carbocycles. The van der Waals surface area contributed by atoms with E-state index in [1.54, 1.807) is 0 Å². The second-order valence-corrected chi connectivity index (χ2v) is 15.6. The standard InChI is InChI=1S/C55H36N6O/c1-5-18-35(19-6-1)45-34-46(57-52(56-45)36-20-7-2-8-21-36)44-33-43-41-28-14-16-31-48(41)62-51(43)50-49(44)42-29-13-15-30-47(42)61(50)40-27-17-26-39(32-40)55-59-53(37-22-9-3-10-23-37)58-54(60-55)38-24-11-4-12-25-38/h1-34,41,48H. The second-order valence-electron chi connectivity index (χ2n) is 15.6. The largest absolute Gasteiger partial charge is 0.483 e. The molecule has 2 aliphatic rings. The van der Waals surface area contributed by atoms with Gasteiger partial charge in [-0.1, -0.05) is 170 Å². The number of para-hydroxylation sites is 1. The fourth-order valence-electron chi connectivity index (χ4n) is 8.90. The highest BCUT2D eigenvalue weighted by molar-refractivity contribution is 6.18. The summed E-state index contributed by atoms with van der Waals surface area (Å²) in [7, 11) is 0. The first-order valence-corrected chi connectivity index (χ1v) is 20.8. The maximum absolute atomic E-state index is 7.01. The van der Waals surface area contributed by atoms with Gasteiger partial charge in [0.1, 0.15) is 11.9 Å². The Balaban J connectivity index is 1.12. The molecule has 0 bridgehead atoms. The zero-order chi connectivity index (χ0) is 41.0. The summed E-state index contributed by atoms with van der Waals surface area (Å²) in [5.74, 6) is 3.40. The van der Waals surface area contributed by atoms with Gasteiger partial charge in [-0.15, -0.1) is 0 Å². The van der Waals surface area contributed by atoms with E-state index < -0.39 is 0 Å². The fraction of sp³-hybridized carbons (Fsp3) is 0.0364. The molecule has 3 aromatic heterocycles. The number of fused-ring (bicyclic) bond motifs is 7. The number of hydrogen-bond donors (Lipinski definition) is 0. The van der Waals surface area contributed by atoms with E-state index in [9.17, 15) is 0 Å². The van der Waals surface area contributed by atoms with Crippen LogP contribution >= 0.6 is 0 Å².